The molecular weight excluding hydrogens is 303 g/mol. The fourth-order valence-corrected chi connectivity index (χ4v) is 3.88. The van der Waals surface area contributed by atoms with Crippen molar-refractivity contribution in [1.29, 1.82) is 0 Å². The second-order valence-corrected chi connectivity index (χ2v) is 14.9. The van der Waals surface area contributed by atoms with Crippen LogP contribution in [0.2, 0.25) is 20.2 Å². The summed E-state index contributed by atoms with van der Waals surface area (Å²) in [6.07, 6.45) is 8.99. The molecule has 0 heterocycles. The first kappa shape index (κ1) is 10.2. The van der Waals surface area contributed by atoms with E-state index in [1.807, 2.05) is 0 Å². The van der Waals surface area contributed by atoms with Gasteiger partial charge < -0.3 is 0 Å². The Bertz CT molecular complexity index is 137. The Labute approximate surface area is 68.2 Å². The van der Waals surface area contributed by atoms with Crippen LogP contribution < -0.4 is 0 Å². The number of hydrogen-bond donors (Lipinski definition) is 0. The molecule has 0 fully saturated rings. The van der Waals surface area contributed by atoms with E-state index in [0.29, 0.717) is 0 Å². The molecular formula is C9H17Pt. The van der Waals surface area contributed by atoms with Crippen molar-refractivity contribution in [2.75, 3.05) is 0 Å². The summed E-state index contributed by atoms with van der Waals surface area (Å²) >= 11 is -1.29. The van der Waals surface area contributed by atoms with Crippen molar-refractivity contribution in [3.05, 3.63) is 31.7 Å². The van der Waals surface area contributed by atoms with Gasteiger partial charge in [0.25, 0.3) is 0 Å². The van der Waals surface area contributed by atoms with Crippen molar-refractivity contribution < 1.29 is 16.1 Å². The van der Waals surface area contributed by atoms with Crippen LogP contribution in [0, 0.1) is 7.43 Å². The molecule has 63 valence electrons. The van der Waals surface area contributed by atoms with Gasteiger partial charge in [0.15, 0.2) is 0 Å². The van der Waals surface area contributed by atoms with Crippen molar-refractivity contribution in [2.45, 2.75) is 20.2 Å². The van der Waals surface area contributed by atoms with E-state index in [1.54, 1.807) is 0 Å². The molecule has 0 aromatic heterocycles. The van der Waals surface area contributed by atoms with Gasteiger partial charge in [0.2, 0.25) is 0 Å². The van der Waals surface area contributed by atoms with Crippen molar-refractivity contribution in [3.63, 3.8) is 0 Å². The molecule has 0 N–H and O–H groups in total. The average Bonchev–Trinajstić information content (AvgIpc) is 2.08. The summed E-state index contributed by atoms with van der Waals surface area (Å²) in [6.45, 7) is 0. The summed E-state index contributed by atoms with van der Waals surface area (Å²) in [4.78, 5) is 0. The Hall–Kier alpha value is 0.168. The minimum absolute atomic E-state index is 0. The first-order valence-electron chi connectivity index (χ1n) is 2.80. The maximum absolute atomic E-state index is 2.44. The van der Waals surface area contributed by atoms with Crippen LogP contribution in [0.5, 0.6) is 0 Å². The first-order valence-corrected chi connectivity index (χ1v) is 10.9. The van der Waals surface area contributed by atoms with Crippen LogP contribution in [0.4, 0.5) is 0 Å². The van der Waals surface area contributed by atoms with E-state index >= 15 is 0 Å². The normalized spacial score (nSPS) is 19.1. The van der Waals surface area contributed by atoms with Gasteiger partial charge in [-0.1, -0.05) is 7.43 Å². The van der Waals surface area contributed by atoms with Crippen LogP contribution in [0.25, 0.3) is 0 Å². The average molecular weight is 320 g/mol. The quantitative estimate of drug-likeness (QED) is 0.692. The molecule has 0 saturated carbocycles. The Morgan fingerprint density at radius 3 is 1.60 bits per heavy atom. The van der Waals surface area contributed by atoms with Gasteiger partial charge in [0.05, 0.1) is 0 Å². The molecule has 0 spiro atoms. The molecule has 0 aromatic rings. The van der Waals surface area contributed by atoms with Gasteiger partial charge >= 0.3 is 60.6 Å². The Morgan fingerprint density at radius 1 is 1.00 bits per heavy atom. The van der Waals surface area contributed by atoms with E-state index < -0.39 is 16.1 Å². The van der Waals surface area contributed by atoms with Gasteiger partial charge in [0.1, 0.15) is 0 Å². The molecule has 0 atom stereocenters. The molecule has 0 bridgehead atoms. The minimum atomic E-state index is -1.29. The van der Waals surface area contributed by atoms with Crippen LogP contribution in [-0.4, -0.2) is 0 Å². The predicted molar refractivity (Wildman–Crippen MR) is 46.0 cm³/mol. The molecule has 0 amide bonds. The summed E-state index contributed by atoms with van der Waals surface area (Å²) < 4.78 is 0.831. The third-order valence-electron chi connectivity index (χ3n) is 1.31. The van der Waals surface area contributed by atoms with Crippen LogP contribution in [0.15, 0.2) is 24.3 Å². The monoisotopic (exact) mass is 320 g/mol. The van der Waals surface area contributed by atoms with Crippen LogP contribution in [0.1, 0.15) is 0 Å². The van der Waals surface area contributed by atoms with Crippen molar-refractivity contribution >= 4 is 0 Å². The zero-order valence-corrected chi connectivity index (χ0v) is 9.48. The molecule has 0 saturated heterocycles. The van der Waals surface area contributed by atoms with E-state index in [2.05, 4.69) is 40.2 Å². The van der Waals surface area contributed by atoms with Gasteiger partial charge in [-0.25, -0.2) is 0 Å². The summed E-state index contributed by atoms with van der Waals surface area (Å²) in [5, 5.41) is 7.33. The van der Waals surface area contributed by atoms with Crippen LogP contribution in [0.3, 0.4) is 0 Å². The van der Waals surface area contributed by atoms with E-state index in [9.17, 15) is 0 Å². The zero-order valence-electron chi connectivity index (χ0n) is 7.20. The van der Waals surface area contributed by atoms with Crippen LogP contribution in [-0.2, 0) is 16.1 Å². The summed E-state index contributed by atoms with van der Waals surface area (Å²) in [7, 11) is 0. The Morgan fingerprint density at radius 2 is 1.40 bits per heavy atom. The molecule has 10 heavy (non-hydrogen) atoms. The number of hydrogen-bond acceptors (Lipinski definition) is 0. The molecule has 0 aromatic carbocycles. The van der Waals surface area contributed by atoms with Crippen LogP contribution >= 0.6 is 0 Å². The molecule has 0 unspecified atom stereocenters. The standard InChI is InChI=1S/C5H5.4CH3.Pt/c1-2-4-5-3-1;;;;;/h1-5H;4*1H3;. The Balaban J connectivity index is 0.000000810. The Kier molecular flexibility index (Phi) is 3.59. The van der Waals surface area contributed by atoms with Gasteiger partial charge in [-0.05, 0) is 0 Å². The van der Waals surface area contributed by atoms with Crippen molar-refractivity contribution in [2.24, 2.45) is 0 Å². The second kappa shape index (κ2) is 3.53. The fraction of sp³-hybridized carbons (Fsp3) is 0.444. The van der Waals surface area contributed by atoms with Crippen molar-refractivity contribution in [1.82, 2.24) is 0 Å². The van der Waals surface area contributed by atoms with E-state index in [4.69, 9.17) is 0 Å². The third-order valence-corrected chi connectivity index (χ3v) is 6.73. The molecule has 0 aliphatic heterocycles. The molecule has 0 nitrogen and oxygen atoms in total. The summed E-state index contributed by atoms with van der Waals surface area (Å²) in [5.41, 5.74) is 0. The fourth-order valence-electron chi connectivity index (χ4n) is 0.756. The molecule has 1 aliphatic rings. The molecule has 1 aliphatic carbocycles. The summed E-state index contributed by atoms with van der Waals surface area (Å²) in [5.74, 6) is 0. The van der Waals surface area contributed by atoms with Gasteiger partial charge in [-0.15, -0.1) is 0 Å². The number of rotatable bonds is 1. The van der Waals surface area contributed by atoms with Gasteiger partial charge in [0, 0.05) is 0 Å². The number of allylic oxidation sites excluding steroid dienone is 4. The third kappa shape index (κ3) is 2.42. The molecule has 1 radical (unpaired) electrons. The van der Waals surface area contributed by atoms with E-state index in [0.717, 1.165) is 4.31 Å². The zero-order chi connectivity index (χ0) is 6.91. The van der Waals surface area contributed by atoms with E-state index in [1.165, 1.54) is 0 Å². The second-order valence-electron chi connectivity index (χ2n) is 2.67. The van der Waals surface area contributed by atoms with E-state index in [-0.39, 0.29) is 7.43 Å². The predicted octanol–water partition coefficient (Wildman–Crippen LogP) is 3.65. The van der Waals surface area contributed by atoms with Crippen molar-refractivity contribution in [3.8, 4) is 0 Å². The first-order chi connectivity index (χ1) is 4.11. The topological polar surface area (TPSA) is 0 Å². The SMILES string of the molecule is [CH3].[CH3][Pt]([CH3])([CH3])[CH]1C=CC=C1. The summed E-state index contributed by atoms with van der Waals surface area (Å²) in [6, 6.07) is 0. The molecule has 1 rings (SSSR count). The maximum atomic E-state index is 2.44. The van der Waals surface area contributed by atoms with Gasteiger partial charge in [-0.2, -0.15) is 0 Å². The van der Waals surface area contributed by atoms with Gasteiger partial charge in [-0.3, -0.25) is 0 Å². The molecule has 1 heteroatoms.